The molecule has 2 aliphatic rings. The average molecular weight is 1050 g/mol. The lowest BCUT2D eigenvalue weighted by Crippen LogP contribution is -2.32. The number of carboxylic acid groups (broad SMARTS) is 2. The minimum Gasteiger partial charge on any atom is -0.872 e. The molecule has 2 aromatic heterocycles. The third kappa shape index (κ3) is 10.3. The number of benzene rings is 8. The fourth-order valence-electron chi connectivity index (χ4n) is 10.7. The van der Waals surface area contributed by atoms with Gasteiger partial charge in [0.05, 0.1) is 32.3 Å². The highest BCUT2D eigenvalue weighted by molar-refractivity contribution is 6.02. The van der Waals surface area contributed by atoms with Crippen molar-refractivity contribution in [2.24, 2.45) is 7.05 Å². The van der Waals surface area contributed by atoms with Gasteiger partial charge in [0.25, 0.3) is 0 Å². The summed E-state index contributed by atoms with van der Waals surface area (Å²) in [7, 11) is 9.59. The largest absolute Gasteiger partial charge is 0.872 e. The average Bonchev–Trinajstić information content (AvgIpc) is 4.17. The second-order valence-electron chi connectivity index (χ2n) is 19.8. The number of aromatic nitrogens is 2. The van der Waals surface area contributed by atoms with Crippen LogP contribution in [0, 0.1) is 13.8 Å². The van der Waals surface area contributed by atoms with Gasteiger partial charge in [-0.15, -0.1) is 0 Å². The van der Waals surface area contributed by atoms with Gasteiger partial charge in [-0.1, -0.05) is 78.5 Å². The maximum atomic E-state index is 12.9. The van der Waals surface area contributed by atoms with Crippen molar-refractivity contribution in [2.45, 2.75) is 32.3 Å². The Balaban J connectivity index is 0.000000136. The maximum Gasteiger partial charge on any atom is 0.339 e. The molecule has 4 heterocycles. The normalized spacial score (nSPS) is 14.0. The summed E-state index contributed by atoms with van der Waals surface area (Å²) in [5, 5.41) is 46.1. The van der Waals surface area contributed by atoms with Gasteiger partial charge in [-0.3, -0.25) is 0 Å². The van der Waals surface area contributed by atoms with Crippen LogP contribution in [0.5, 0.6) is 34.5 Å². The highest BCUT2D eigenvalue weighted by atomic mass is 16.5. The fourth-order valence-corrected chi connectivity index (χ4v) is 10.7. The van der Waals surface area contributed by atoms with E-state index in [-0.39, 0.29) is 40.7 Å². The van der Waals surface area contributed by atoms with E-state index in [1.807, 2.05) is 30.3 Å². The van der Waals surface area contributed by atoms with Crippen molar-refractivity contribution in [1.82, 2.24) is 4.57 Å². The number of aromatic carboxylic acids is 2. The Morgan fingerprint density at radius 3 is 1.97 bits per heavy atom. The molecule has 12 rings (SSSR count). The molecule has 0 radical (unpaired) electrons. The second-order valence-corrected chi connectivity index (χ2v) is 19.8. The van der Waals surface area contributed by atoms with Gasteiger partial charge in [0.15, 0.2) is 0 Å². The van der Waals surface area contributed by atoms with E-state index < -0.39 is 23.4 Å². The predicted octanol–water partition coefficient (Wildman–Crippen LogP) is 12.4. The van der Waals surface area contributed by atoms with Crippen LogP contribution in [0.1, 0.15) is 77.6 Å². The molecule has 0 spiro atoms. The molecule has 0 aliphatic carbocycles. The number of para-hydroxylation sites is 1. The number of fused-ring (bicyclic) bond motifs is 8. The molecule has 3 N–H and O–H groups in total. The quantitative estimate of drug-likeness (QED) is 0.112. The molecule has 0 fully saturated rings. The molecule has 13 heteroatoms. The predicted molar refractivity (Wildman–Crippen MR) is 307 cm³/mol. The zero-order valence-electron chi connectivity index (χ0n) is 44.9. The molecular formula is C66H59N3O10. The lowest BCUT2D eigenvalue weighted by Gasteiger charge is -2.28. The van der Waals surface area contributed by atoms with Gasteiger partial charge in [-0.2, -0.15) is 4.57 Å². The van der Waals surface area contributed by atoms with Crippen LogP contribution in [0.2, 0.25) is 0 Å². The Hall–Kier alpha value is -9.75. The molecule has 0 saturated carbocycles. The first kappa shape index (κ1) is 52.7. The van der Waals surface area contributed by atoms with Gasteiger partial charge in [0.2, 0.25) is 11.2 Å². The number of anilines is 1. The minimum atomic E-state index is -1.34. The number of methoxy groups -OCH3 is 2. The van der Waals surface area contributed by atoms with E-state index in [1.54, 1.807) is 62.8 Å². The number of ether oxygens (including phenoxy) is 4. The number of rotatable bonds is 10. The third-order valence-electron chi connectivity index (χ3n) is 14.9. The van der Waals surface area contributed by atoms with Gasteiger partial charge < -0.3 is 48.8 Å². The van der Waals surface area contributed by atoms with E-state index in [4.69, 9.17) is 18.9 Å². The lowest BCUT2D eigenvalue weighted by molar-refractivity contribution is -0.646. The molecule has 10 aromatic rings. The van der Waals surface area contributed by atoms with Gasteiger partial charge in [-0.25, -0.2) is 9.59 Å². The molecule has 0 bridgehead atoms. The van der Waals surface area contributed by atoms with Crippen LogP contribution in [0.4, 0.5) is 5.69 Å². The van der Waals surface area contributed by atoms with Gasteiger partial charge >= 0.3 is 11.9 Å². The van der Waals surface area contributed by atoms with E-state index in [0.717, 1.165) is 28.6 Å². The van der Waals surface area contributed by atoms with Crippen molar-refractivity contribution in [3.8, 4) is 40.2 Å². The number of aryl methyl sites for hydroxylation is 2. The van der Waals surface area contributed by atoms with Gasteiger partial charge in [0, 0.05) is 95.7 Å². The highest BCUT2D eigenvalue weighted by Gasteiger charge is 2.41. The highest BCUT2D eigenvalue weighted by Crippen LogP contribution is 2.52. The molecule has 79 heavy (non-hydrogen) atoms. The molecule has 13 nitrogen and oxygen atoms in total. The minimum absolute atomic E-state index is 0.00163. The van der Waals surface area contributed by atoms with Crippen LogP contribution in [-0.4, -0.2) is 66.7 Å². The number of nitrogens with zero attached hydrogens (tertiary/aromatic N) is 3. The standard InChI is InChI=1S/C26H28N3.C23H16O6.C17H16O4/c1-19-17-21(20(2)29(19)24-9-7-6-8-10-24)11-13-23-14-12-22-18-25(27(3)4)15-16-26(22)28(23)5;24-20-16(14-7-3-1-5-12(14)9-18(20)22(26)27)11-17-15-8-4-2-6-13(15)10-19(21(17)25)23(28)29;1-18-10-4-6-13-15(7-10)20-9-14-12-5-3-11(19-2)8-16(12)21-17(13)14/h6-18H,1-5H3;1-10,24-25H,11H2,(H,26,27)(H,28,29);3-8,14,17H,9H2,1-2H3/q+1;;/p-1. The van der Waals surface area contributed by atoms with Crippen LogP contribution in [0.15, 0.2) is 164 Å². The molecule has 8 aromatic carbocycles. The van der Waals surface area contributed by atoms with Crippen molar-refractivity contribution in [3.63, 3.8) is 0 Å². The smallest absolute Gasteiger partial charge is 0.339 e. The molecular weight excluding hydrogens is 995 g/mol. The van der Waals surface area contributed by atoms with Crippen LogP contribution >= 0.6 is 0 Å². The van der Waals surface area contributed by atoms with E-state index in [1.165, 1.54) is 62.6 Å². The molecule has 398 valence electrons. The van der Waals surface area contributed by atoms with E-state index in [0.29, 0.717) is 28.2 Å². The number of hydrogen-bond acceptors (Lipinski definition) is 9. The summed E-state index contributed by atoms with van der Waals surface area (Å²) in [6.45, 7) is 4.96. The number of phenols is 1. The molecule has 2 atom stereocenters. The van der Waals surface area contributed by atoms with Crippen LogP contribution in [0.25, 0.3) is 50.3 Å². The van der Waals surface area contributed by atoms with E-state index >= 15 is 0 Å². The summed E-state index contributed by atoms with van der Waals surface area (Å²) in [5.74, 6) is -0.149. The molecule has 2 unspecified atom stereocenters. The number of pyridine rings is 1. The Bertz CT molecular complexity index is 3910. The Labute approximate surface area is 457 Å². The monoisotopic (exact) mass is 1050 g/mol. The first-order valence-electron chi connectivity index (χ1n) is 25.7. The van der Waals surface area contributed by atoms with Gasteiger partial charge in [-0.05, 0) is 119 Å². The van der Waals surface area contributed by atoms with E-state index in [9.17, 15) is 30.0 Å². The Kier molecular flexibility index (Phi) is 14.7. The van der Waals surface area contributed by atoms with Crippen molar-refractivity contribution in [3.05, 3.63) is 220 Å². The number of carboxylic acids is 2. The SMILES string of the molecule is COc1ccc2c(c1)OC1c3ccc(OC)cc3OCC21.Cc1cc(C=Cc2ccc3cc(N(C)C)ccc3[n+]2C)c(C)n1-c1ccccc1.O=C(O)c1cc2ccccc2c(Cc2c(O)c(C(=O)O)cc3ccccc23)c1[O-]. The zero-order chi connectivity index (χ0) is 55.6. The Morgan fingerprint density at radius 2 is 1.32 bits per heavy atom. The summed E-state index contributed by atoms with van der Waals surface area (Å²) in [6, 6.07) is 52.1. The van der Waals surface area contributed by atoms with Crippen LogP contribution in [0.3, 0.4) is 0 Å². The molecule has 2 aliphatic heterocycles. The first-order valence-corrected chi connectivity index (χ1v) is 25.7. The molecule has 0 saturated heterocycles. The van der Waals surface area contributed by atoms with E-state index in [2.05, 4.69) is 134 Å². The summed E-state index contributed by atoms with van der Waals surface area (Å²) in [6.07, 6.45) is 4.32. The summed E-state index contributed by atoms with van der Waals surface area (Å²) >= 11 is 0. The zero-order valence-corrected chi connectivity index (χ0v) is 44.9. The Morgan fingerprint density at radius 1 is 0.696 bits per heavy atom. The van der Waals surface area contributed by atoms with Crippen molar-refractivity contribution in [1.29, 1.82) is 0 Å². The first-order chi connectivity index (χ1) is 38.1. The summed E-state index contributed by atoms with van der Waals surface area (Å²) in [5.41, 5.74) is 10.7. The van der Waals surface area contributed by atoms with Gasteiger partial charge in [0.1, 0.15) is 47.5 Å². The summed E-state index contributed by atoms with van der Waals surface area (Å²) < 4.78 is 27.1. The number of carbonyl (C=O) groups is 2. The second kappa shape index (κ2) is 22.1. The topological polar surface area (TPSA) is 167 Å². The molecule has 0 amide bonds. The fraction of sp³-hybridized carbons (Fsp3) is 0.167. The maximum absolute atomic E-state index is 12.9. The lowest BCUT2D eigenvalue weighted by atomic mass is 9.89. The van der Waals surface area contributed by atoms with Crippen molar-refractivity contribution >= 4 is 62.2 Å². The van der Waals surface area contributed by atoms with Crippen LogP contribution < -0.4 is 33.5 Å². The van der Waals surface area contributed by atoms with Crippen LogP contribution in [-0.2, 0) is 13.5 Å². The van der Waals surface area contributed by atoms with Crippen molar-refractivity contribution < 1.29 is 53.5 Å². The number of aromatic hydroxyl groups is 1. The third-order valence-corrected chi connectivity index (χ3v) is 14.9. The number of hydrogen-bond donors (Lipinski definition) is 3. The van der Waals surface area contributed by atoms with Crippen molar-refractivity contribution in [2.75, 3.05) is 39.8 Å². The summed E-state index contributed by atoms with van der Waals surface area (Å²) in [4.78, 5) is 25.3.